The van der Waals surface area contributed by atoms with Crippen LogP contribution in [-0.4, -0.2) is 54.9 Å². The second kappa shape index (κ2) is 5.10. The number of amides is 1. The van der Waals surface area contributed by atoms with E-state index in [9.17, 15) is 4.79 Å². The number of rotatable bonds is 5. The van der Waals surface area contributed by atoms with Crippen molar-refractivity contribution in [2.45, 2.75) is 19.3 Å². The molecular formula is C11H21N3OS. The molecule has 1 fully saturated rings. The van der Waals surface area contributed by atoms with E-state index in [-0.39, 0.29) is 5.91 Å². The first-order chi connectivity index (χ1) is 7.40. The molecule has 1 amide bonds. The van der Waals surface area contributed by atoms with Crippen molar-refractivity contribution < 1.29 is 4.79 Å². The third-order valence-corrected chi connectivity index (χ3v) is 3.71. The van der Waals surface area contributed by atoms with Gasteiger partial charge in [0.25, 0.3) is 0 Å². The van der Waals surface area contributed by atoms with Gasteiger partial charge in [0.15, 0.2) is 0 Å². The maximum Gasteiger partial charge on any atom is 0.235 e. The smallest absolute Gasteiger partial charge is 0.235 e. The molecule has 0 heterocycles. The number of thiocarbonyl (C=S) groups is 1. The maximum absolute atomic E-state index is 12.2. The Hall–Kier alpha value is -0.680. The summed E-state index contributed by atoms with van der Waals surface area (Å²) in [5.41, 5.74) is 5.17. The molecule has 0 aromatic heterocycles. The van der Waals surface area contributed by atoms with E-state index in [2.05, 4.69) is 4.90 Å². The summed E-state index contributed by atoms with van der Waals surface area (Å²) in [6.45, 7) is 1.58. The number of likely N-dealkylation sites (N-methyl/N-ethyl adjacent to an activating group) is 2. The summed E-state index contributed by atoms with van der Waals surface area (Å²) in [7, 11) is 5.81. The van der Waals surface area contributed by atoms with Gasteiger partial charge in [0.05, 0.1) is 10.4 Å². The molecule has 16 heavy (non-hydrogen) atoms. The summed E-state index contributed by atoms with van der Waals surface area (Å²) in [6, 6.07) is 0. The van der Waals surface area contributed by atoms with E-state index in [0.717, 1.165) is 32.4 Å². The van der Waals surface area contributed by atoms with Gasteiger partial charge in [-0.1, -0.05) is 18.6 Å². The number of hydrogen-bond acceptors (Lipinski definition) is 3. The van der Waals surface area contributed by atoms with Crippen LogP contribution in [0.2, 0.25) is 0 Å². The molecule has 0 saturated heterocycles. The summed E-state index contributed by atoms with van der Waals surface area (Å²) in [4.78, 5) is 16.4. The predicted molar refractivity (Wildman–Crippen MR) is 69.3 cm³/mol. The summed E-state index contributed by atoms with van der Waals surface area (Å²) in [5, 5.41) is 0. The normalized spacial score (nSPS) is 18.0. The lowest BCUT2D eigenvalue weighted by Crippen LogP contribution is -2.54. The molecule has 0 spiro atoms. The summed E-state index contributed by atoms with van der Waals surface area (Å²) in [5.74, 6) is 0.0908. The summed E-state index contributed by atoms with van der Waals surface area (Å²) in [6.07, 6.45) is 2.67. The van der Waals surface area contributed by atoms with Gasteiger partial charge in [-0.15, -0.1) is 0 Å². The third-order valence-electron chi connectivity index (χ3n) is 3.32. The molecule has 0 aromatic rings. The van der Waals surface area contributed by atoms with Gasteiger partial charge in [-0.05, 0) is 26.9 Å². The van der Waals surface area contributed by atoms with E-state index < -0.39 is 5.41 Å². The summed E-state index contributed by atoms with van der Waals surface area (Å²) < 4.78 is 0. The molecule has 1 aliphatic rings. The van der Waals surface area contributed by atoms with Gasteiger partial charge in [-0.2, -0.15) is 0 Å². The molecule has 1 rings (SSSR count). The first kappa shape index (κ1) is 13.4. The van der Waals surface area contributed by atoms with Gasteiger partial charge < -0.3 is 15.5 Å². The van der Waals surface area contributed by atoms with Crippen molar-refractivity contribution in [1.29, 1.82) is 0 Å². The fourth-order valence-electron chi connectivity index (χ4n) is 1.91. The van der Waals surface area contributed by atoms with Crippen molar-refractivity contribution in [3.05, 3.63) is 0 Å². The van der Waals surface area contributed by atoms with E-state index in [1.807, 2.05) is 21.1 Å². The Morgan fingerprint density at radius 2 is 1.88 bits per heavy atom. The average molecular weight is 243 g/mol. The number of carbonyl (C=O) groups excluding carboxylic acids is 1. The number of hydrogen-bond donors (Lipinski definition) is 1. The van der Waals surface area contributed by atoms with Crippen LogP contribution in [0.5, 0.6) is 0 Å². The first-order valence-corrected chi connectivity index (χ1v) is 6.01. The summed E-state index contributed by atoms with van der Waals surface area (Å²) >= 11 is 5.03. The second-order valence-electron chi connectivity index (χ2n) is 4.83. The zero-order valence-corrected chi connectivity index (χ0v) is 11.1. The lowest BCUT2D eigenvalue weighted by atomic mass is 9.67. The van der Waals surface area contributed by atoms with Crippen molar-refractivity contribution in [2.75, 3.05) is 34.2 Å². The van der Waals surface area contributed by atoms with Crippen molar-refractivity contribution >= 4 is 23.1 Å². The van der Waals surface area contributed by atoms with Gasteiger partial charge in [-0.3, -0.25) is 4.79 Å². The first-order valence-electron chi connectivity index (χ1n) is 5.60. The Morgan fingerprint density at radius 3 is 2.19 bits per heavy atom. The largest absolute Gasteiger partial charge is 0.392 e. The minimum absolute atomic E-state index is 0.0908. The number of nitrogens with zero attached hydrogens (tertiary/aromatic N) is 2. The fraction of sp³-hybridized carbons (Fsp3) is 0.818. The van der Waals surface area contributed by atoms with E-state index in [4.69, 9.17) is 18.0 Å². The van der Waals surface area contributed by atoms with Crippen molar-refractivity contribution in [2.24, 2.45) is 11.1 Å². The van der Waals surface area contributed by atoms with Gasteiger partial charge in [0.2, 0.25) is 5.91 Å². The van der Waals surface area contributed by atoms with Crippen LogP contribution in [0, 0.1) is 5.41 Å². The van der Waals surface area contributed by atoms with Gasteiger partial charge in [0, 0.05) is 20.1 Å². The molecule has 92 valence electrons. The monoisotopic (exact) mass is 243 g/mol. The molecule has 1 saturated carbocycles. The van der Waals surface area contributed by atoms with Crippen LogP contribution >= 0.6 is 12.2 Å². The molecule has 4 nitrogen and oxygen atoms in total. The van der Waals surface area contributed by atoms with Crippen LogP contribution in [0.3, 0.4) is 0 Å². The Kier molecular flexibility index (Phi) is 4.27. The zero-order valence-electron chi connectivity index (χ0n) is 10.3. The molecule has 0 aliphatic heterocycles. The van der Waals surface area contributed by atoms with Gasteiger partial charge in [-0.25, -0.2) is 0 Å². The lowest BCUT2D eigenvalue weighted by molar-refractivity contribution is -0.140. The van der Waals surface area contributed by atoms with Crippen LogP contribution in [0.15, 0.2) is 0 Å². The maximum atomic E-state index is 12.2. The molecule has 2 N–H and O–H groups in total. The van der Waals surface area contributed by atoms with Gasteiger partial charge in [0.1, 0.15) is 0 Å². The Morgan fingerprint density at radius 1 is 1.31 bits per heavy atom. The molecular weight excluding hydrogens is 222 g/mol. The highest BCUT2D eigenvalue weighted by Gasteiger charge is 2.48. The standard InChI is InChI=1S/C11H21N3OS/c1-13(2)7-8-14(3)10(15)11(9(12)16)5-4-6-11/h4-8H2,1-3H3,(H2,12,16). The minimum Gasteiger partial charge on any atom is -0.392 e. The molecule has 0 bridgehead atoms. The Labute approximate surface area is 103 Å². The van der Waals surface area contributed by atoms with Crippen LogP contribution in [-0.2, 0) is 4.79 Å². The predicted octanol–water partition coefficient (Wildman–Crippen LogP) is 0.463. The third kappa shape index (κ3) is 2.52. The van der Waals surface area contributed by atoms with E-state index in [1.54, 1.807) is 4.90 Å². The van der Waals surface area contributed by atoms with E-state index in [0.29, 0.717) is 4.99 Å². The topological polar surface area (TPSA) is 49.6 Å². The van der Waals surface area contributed by atoms with Crippen LogP contribution in [0.4, 0.5) is 0 Å². The van der Waals surface area contributed by atoms with Crippen LogP contribution in [0.1, 0.15) is 19.3 Å². The zero-order chi connectivity index (χ0) is 12.3. The highest BCUT2D eigenvalue weighted by Crippen LogP contribution is 2.42. The molecule has 0 unspecified atom stereocenters. The van der Waals surface area contributed by atoms with Crippen molar-refractivity contribution in [3.8, 4) is 0 Å². The quantitative estimate of drug-likeness (QED) is 0.713. The fourth-order valence-corrected chi connectivity index (χ4v) is 2.20. The molecule has 5 heteroatoms. The van der Waals surface area contributed by atoms with Gasteiger partial charge >= 0.3 is 0 Å². The Bertz CT molecular complexity index is 287. The van der Waals surface area contributed by atoms with Crippen LogP contribution in [0.25, 0.3) is 0 Å². The molecule has 0 aromatic carbocycles. The average Bonchev–Trinajstić information content (AvgIpc) is 2.11. The van der Waals surface area contributed by atoms with Crippen molar-refractivity contribution in [1.82, 2.24) is 9.80 Å². The molecule has 1 aliphatic carbocycles. The lowest BCUT2D eigenvalue weighted by Gasteiger charge is -2.41. The van der Waals surface area contributed by atoms with Crippen molar-refractivity contribution in [3.63, 3.8) is 0 Å². The number of nitrogens with two attached hydrogens (primary N) is 1. The second-order valence-corrected chi connectivity index (χ2v) is 5.27. The van der Waals surface area contributed by atoms with Crippen LogP contribution < -0.4 is 5.73 Å². The minimum atomic E-state index is -0.531. The molecule has 0 radical (unpaired) electrons. The highest BCUT2D eigenvalue weighted by atomic mass is 32.1. The molecule has 0 atom stereocenters. The highest BCUT2D eigenvalue weighted by molar-refractivity contribution is 7.80. The number of carbonyl (C=O) groups is 1. The van der Waals surface area contributed by atoms with E-state index >= 15 is 0 Å². The Balaban J connectivity index is 2.58. The SMILES string of the molecule is CN(C)CCN(C)C(=O)C1(C(N)=S)CCC1. The van der Waals surface area contributed by atoms with E-state index in [1.165, 1.54) is 0 Å².